The molecule has 0 spiro atoms. The Morgan fingerprint density at radius 3 is 2.89 bits per heavy atom. The minimum atomic E-state index is -0.229. The molecule has 1 fully saturated rings. The summed E-state index contributed by atoms with van der Waals surface area (Å²) in [6.07, 6.45) is 3.19. The second-order valence-corrected chi connectivity index (χ2v) is 6.51. The van der Waals surface area contributed by atoms with E-state index >= 15 is 0 Å². The van der Waals surface area contributed by atoms with Crippen molar-refractivity contribution >= 4 is 11.0 Å². The SMILES string of the molecule is CC1(C)CCC(N)C(c2cc3cc(F)ccc3o2)C1. The lowest BCUT2D eigenvalue weighted by Crippen LogP contribution is -2.37. The molecular formula is C16H20FNO. The van der Waals surface area contributed by atoms with Crippen molar-refractivity contribution in [2.45, 2.75) is 45.1 Å². The molecule has 1 aliphatic rings. The lowest BCUT2D eigenvalue weighted by Gasteiger charge is -2.38. The van der Waals surface area contributed by atoms with E-state index in [1.807, 2.05) is 6.07 Å². The van der Waals surface area contributed by atoms with Gasteiger partial charge in [-0.1, -0.05) is 13.8 Å². The van der Waals surface area contributed by atoms with E-state index in [-0.39, 0.29) is 17.8 Å². The van der Waals surface area contributed by atoms with E-state index < -0.39 is 0 Å². The fourth-order valence-corrected chi connectivity index (χ4v) is 3.14. The van der Waals surface area contributed by atoms with Crippen LogP contribution in [0, 0.1) is 11.2 Å². The summed E-state index contributed by atoms with van der Waals surface area (Å²) >= 11 is 0. The maximum Gasteiger partial charge on any atom is 0.134 e. The predicted molar refractivity (Wildman–Crippen MR) is 74.5 cm³/mol. The third-order valence-corrected chi connectivity index (χ3v) is 4.31. The molecule has 2 aromatic rings. The van der Waals surface area contributed by atoms with Gasteiger partial charge in [-0.15, -0.1) is 0 Å². The monoisotopic (exact) mass is 261 g/mol. The van der Waals surface area contributed by atoms with Crippen LogP contribution in [0.5, 0.6) is 0 Å². The smallest absolute Gasteiger partial charge is 0.134 e. The number of rotatable bonds is 1. The Kier molecular flexibility index (Phi) is 2.90. The number of hydrogen-bond acceptors (Lipinski definition) is 2. The standard InChI is InChI=1S/C16H20FNO/c1-16(2)6-5-13(18)12(9-16)15-8-10-7-11(17)3-4-14(10)19-15/h3-4,7-8,12-13H,5-6,9,18H2,1-2H3. The van der Waals surface area contributed by atoms with Crippen LogP contribution in [-0.2, 0) is 0 Å². The topological polar surface area (TPSA) is 39.2 Å². The number of fused-ring (bicyclic) bond motifs is 1. The molecule has 0 aliphatic heterocycles. The van der Waals surface area contributed by atoms with E-state index in [0.717, 1.165) is 36.0 Å². The highest BCUT2D eigenvalue weighted by Crippen LogP contribution is 2.43. The number of nitrogens with two attached hydrogens (primary N) is 1. The molecule has 1 heterocycles. The minimum Gasteiger partial charge on any atom is -0.461 e. The number of hydrogen-bond donors (Lipinski definition) is 1. The summed E-state index contributed by atoms with van der Waals surface area (Å²) in [6, 6.07) is 6.72. The van der Waals surface area contributed by atoms with Crippen LogP contribution in [0.4, 0.5) is 4.39 Å². The van der Waals surface area contributed by atoms with E-state index in [9.17, 15) is 4.39 Å². The Balaban J connectivity index is 1.98. The van der Waals surface area contributed by atoms with Crippen LogP contribution in [0.1, 0.15) is 44.8 Å². The first kappa shape index (κ1) is 12.7. The molecule has 2 N–H and O–H groups in total. The van der Waals surface area contributed by atoms with Gasteiger partial charge in [0.15, 0.2) is 0 Å². The molecule has 3 heteroatoms. The first-order chi connectivity index (χ1) is 8.94. The third kappa shape index (κ3) is 2.39. The Labute approximate surface area is 112 Å². The summed E-state index contributed by atoms with van der Waals surface area (Å²) in [4.78, 5) is 0. The molecule has 1 aromatic heterocycles. The Hall–Kier alpha value is -1.35. The zero-order chi connectivity index (χ0) is 13.6. The fraction of sp³-hybridized carbons (Fsp3) is 0.500. The summed E-state index contributed by atoms with van der Waals surface area (Å²) in [7, 11) is 0. The van der Waals surface area contributed by atoms with Crippen molar-refractivity contribution < 1.29 is 8.81 Å². The molecule has 0 radical (unpaired) electrons. The van der Waals surface area contributed by atoms with Crippen molar-refractivity contribution in [3.63, 3.8) is 0 Å². The van der Waals surface area contributed by atoms with Crippen molar-refractivity contribution in [2.24, 2.45) is 11.1 Å². The molecule has 1 aliphatic carbocycles. The second-order valence-electron chi connectivity index (χ2n) is 6.51. The van der Waals surface area contributed by atoms with Crippen molar-refractivity contribution in [3.8, 4) is 0 Å². The van der Waals surface area contributed by atoms with Crippen LogP contribution in [0.25, 0.3) is 11.0 Å². The minimum absolute atomic E-state index is 0.137. The van der Waals surface area contributed by atoms with Crippen molar-refractivity contribution in [1.29, 1.82) is 0 Å². The maximum absolute atomic E-state index is 13.2. The van der Waals surface area contributed by atoms with Gasteiger partial charge in [0, 0.05) is 17.3 Å². The summed E-state index contributed by atoms with van der Waals surface area (Å²) in [5, 5.41) is 0.825. The number of furan rings is 1. The van der Waals surface area contributed by atoms with Gasteiger partial charge in [-0.25, -0.2) is 4.39 Å². The molecule has 0 bridgehead atoms. The van der Waals surface area contributed by atoms with Gasteiger partial charge in [-0.05, 0) is 48.9 Å². The molecule has 2 nitrogen and oxygen atoms in total. The molecule has 1 saturated carbocycles. The average molecular weight is 261 g/mol. The summed E-state index contributed by atoms with van der Waals surface area (Å²) in [5.41, 5.74) is 7.29. The summed E-state index contributed by atoms with van der Waals surface area (Å²) < 4.78 is 19.1. The van der Waals surface area contributed by atoms with Gasteiger partial charge in [0.1, 0.15) is 17.2 Å². The molecule has 0 saturated heterocycles. The van der Waals surface area contributed by atoms with E-state index in [1.54, 1.807) is 6.07 Å². The zero-order valence-corrected chi connectivity index (χ0v) is 11.4. The van der Waals surface area contributed by atoms with Gasteiger partial charge in [0.05, 0.1) is 0 Å². The van der Waals surface area contributed by atoms with Gasteiger partial charge in [0.25, 0.3) is 0 Å². The van der Waals surface area contributed by atoms with Crippen LogP contribution in [0.2, 0.25) is 0 Å². The van der Waals surface area contributed by atoms with Crippen LogP contribution < -0.4 is 5.73 Å². The zero-order valence-electron chi connectivity index (χ0n) is 11.4. The van der Waals surface area contributed by atoms with Crippen LogP contribution in [-0.4, -0.2) is 6.04 Å². The quantitative estimate of drug-likeness (QED) is 0.835. The van der Waals surface area contributed by atoms with Gasteiger partial charge < -0.3 is 10.2 Å². The van der Waals surface area contributed by atoms with Gasteiger partial charge >= 0.3 is 0 Å². The first-order valence-corrected chi connectivity index (χ1v) is 6.89. The molecule has 102 valence electrons. The maximum atomic E-state index is 13.2. The van der Waals surface area contributed by atoms with Crippen LogP contribution in [0.3, 0.4) is 0 Å². The van der Waals surface area contributed by atoms with Crippen molar-refractivity contribution in [3.05, 3.63) is 35.8 Å². The largest absolute Gasteiger partial charge is 0.461 e. The average Bonchev–Trinajstić information content (AvgIpc) is 2.75. The highest BCUT2D eigenvalue weighted by molar-refractivity contribution is 5.78. The lowest BCUT2D eigenvalue weighted by atomic mass is 9.69. The number of benzene rings is 1. The van der Waals surface area contributed by atoms with E-state index in [4.69, 9.17) is 10.2 Å². The van der Waals surface area contributed by atoms with Gasteiger partial charge in [-0.2, -0.15) is 0 Å². The van der Waals surface area contributed by atoms with Crippen LogP contribution in [0.15, 0.2) is 28.7 Å². The highest BCUT2D eigenvalue weighted by atomic mass is 19.1. The molecule has 0 amide bonds. The Bertz CT molecular complexity index is 602. The van der Waals surface area contributed by atoms with E-state index in [1.165, 1.54) is 12.1 Å². The first-order valence-electron chi connectivity index (χ1n) is 6.89. The van der Waals surface area contributed by atoms with E-state index in [2.05, 4.69) is 13.8 Å². The van der Waals surface area contributed by atoms with Crippen molar-refractivity contribution in [2.75, 3.05) is 0 Å². The molecule has 1 aromatic carbocycles. The molecule has 2 unspecified atom stereocenters. The fourth-order valence-electron chi connectivity index (χ4n) is 3.14. The molecule has 3 rings (SSSR count). The summed E-state index contributed by atoms with van der Waals surface area (Å²) in [5.74, 6) is 0.910. The lowest BCUT2D eigenvalue weighted by molar-refractivity contribution is 0.186. The third-order valence-electron chi connectivity index (χ3n) is 4.31. The van der Waals surface area contributed by atoms with Crippen LogP contribution >= 0.6 is 0 Å². The normalized spacial score (nSPS) is 26.7. The Morgan fingerprint density at radius 2 is 2.11 bits per heavy atom. The second kappa shape index (κ2) is 4.34. The molecule has 2 atom stereocenters. The molecule has 19 heavy (non-hydrogen) atoms. The van der Waals surface area contributed by atoms with Crippen molar-refractivity contribution in [1.82, 2.24) is 0 Å². The van der Waals surface area contributed by atoms with Gasteiger partial charge in [-0.3, -0.25) is 0 Å². The van der Waals surface area contributed by atoms with Gasteiger partial charge in [0.2, 0.25) is 0 Å². The summed E-state index contributed by atoms with van der Waals surface area (Å²) in [6.45, 7) is 4.54. The number of halogens is 1. The molecular weight excluding hydrogens is 241 g/mol. The highest BCUT2D eigenvalue weighted by Gasteiger charge is 2.35. The predicted octanol–water partition coefficient (Wildman–Crippen LogP) is 4.19. The Morgan fingerprint density at radius 1 is 1.32 bits per heavy atom. The van der Waals surface area contributed by atoms with E-state index in [0.29, 0.717) is 5.41 Å².